The van der Waals surface area contributed by atoms with Crippen LogP contribution >= 0.6 is 11.6 Å². The number of halogens is 1. The van der Waals surface area contributed by atoms with Crippen LogP contribution in [0.3, 0.4) is 0 Å². The molecule has 21 heavy (non-hydrogen) atoms. The highest BCUT2D eigenvalue weighted by Gasteiger charge is 2.11. The van der Waals surface area contributed by atoms with Crippen LogP contribution < -0.4 is 4.74 Å². The molecule has 0 radical (unpaired) electrons. The fourth-order valence-electron chi connectivity index (χ4n) is 2.49. The summed E-state index contributed by atoms with van der Waals surface area (Å²) >= 11 is 5.90. The number of aromatic nitrogens is 2. The minimum atomic E-state index is 0.557. The standard InChI is InChI=1S/C16H17ClN2O2/c1-20-13-4-5-15-14(11-13)18-16(6-8-17)19(15)9-7-12-3-2-10-21-12/h2-5,10-11H,6-9H2,1H3. The molecule has 1 aromatic carbocycles. The minimum Gasteiger partial charge on any atom is -0.497 e. The molecule has 0 aliphatic heterocycles. The molecule has 0 spiro atoms. The van der Waals surface area contributed by atoms with Gasteiger partial charge < -0.3 is 13.7 Å². The first kappa shape index (κ1) is 14.0. The van der Waals surface area contributed by atoms with Crippen molar-refractivity contribution in [2.45, 2.75) is 19.4 Å². The second kappa shape index (κ2) is 6.22. The lowest BCUT2D eigenvalue weighted by molar-refractivity contribution is 0.415. The summed E-state index contributed by atoms with van der Waals surface area (Å²) in [4.78, 5) is 4.68. The van der Waals surface area contributed by atoms with Crippen molar-refractivity contribution in [2.24, 2.45) is 0 Å². The van der Waals surface area contributed by atoms with E-state index in [-0.39, 0.29) is 0 Å². The fraction of sp³-hybridized carbons (Fsp3) is 0.312. The Labute approximate surface area is 128 Å². The summed E-state index contributed by atoms with van der Waals surface area (Å²) in [6, 6.07) is 9.85. The van der Waals surface area contributed by atoms with Crippen LogP contribution in [0.5, 0.6) is 5.75 Å². The van der Waals surface area contributed by atoms with Crippen molar-refractivity contribution in [1.29, 1.82) is 0 Å². The smallest absolute Gasteiger partial charge is 0.121 e. The highest BCUT2D eigenvalue weighted by atomic mass is 35.5. The number of alkyl halides is 1. The molecule has 2 aromatic heterocycles. The Morgan fingerprint density at radius 2 is 2.19 bits per heavy atom. The van der Waals surface area contributed by atoms with E-state index < -0.39 is 0 Å². The van der Waals surface area contributed by atoms with Crippen LogP contribution in [0.15, 0.2) is 41.0 Å². The number of imidazole rings is 1. The Kier molecular flexibility index (Phi) is 4.15. The number of hydrogen-bond donors (Lipinski definition) is 0. The number of fused-ring (bicyclic) bond motifs is 1. The van der Waals surface area contributed by atoms with Gasteiger partial charge in [0.2, 0.25) is 0 Å². The van der Waals surface area contributed by atoms with Crippen LogP contribution in [-0.2, 0) is 19.4 Å². The summed E-state index contributed by atoms with van der Waals surface area (Å²) in [5, 5.41) is 0. The van der Waals surface area contributed by atoms with Crippen molar-refractivity contribution in [1.82, 2.24) is 9.55 Å². The van der Waals surface area contributed by atoms with E-state index in [0.717, 1.165) is 47.8 Å². The Morgan fingerprint density at radius 3 is 2.90 bits per heavy atom. The van der Waals surface area contributed by atoms with Crippen LogP contribution in [0, 0.1) is 0 Å². The first-order valence-electron chi connectivity index (χ1n) is 6.93. The Bertz CT molecular complexity index is 719. The highest BCUT2D eigenvalue weighted by Crippen LogP contribution is 2.23. The predicted molar refractivity (Wildman–Crippen MR) is 83.1 cm³/mol. The molecule has 0 aliphatic rings. The number of nitrogens with zero attached hydrogens (tertiary/aromatic N) is 2. The molecule has 0 saturated carbocycles. The van der Waals surface area contributed by atoms with Crippen LogP contribution in [0.25, 0.3) is 11.0 Å². The van der Waals surface area contributed by atoms with E-state index in [4.69, 9.17) is 20.8 Å². The maximum atomic E-state index is 5.90. The zero-order valence-corrected chi connectivity index (χ0v) is 12.6. The molecule has 0 amide bonds. The van der Waals surface area contributed by atoms with E-state index in [1.165, 1.54) is 0 Å². The second-order valence-electron chi connectivity index (χ2n) is 4.80. The SMILES string of the molecule is COc1ccc2c(c1)nc(CCCl)n2CCc1ccco1. The van der Waals surface area contributed by atoms with Crippen molar-refractivity contribution in [2.75, 3.05) is 13.0 Å². The summed E-state index contributed by atoms with van der Waals surface area (Å²) in [5.41, 5.74) is 2.04. The molecule has 2 heterocycles. The molecule has 4 nitrogen and oxygen atoms in total. The lowest BCUT2D eigenvalue weighted by Gasteiger charge is -2.07. The third-order valence-corrected chi connectivity index (χ3v) is 3.70. The molecule has 110 valence electrons. The van der Waals surface area contributed by atoms with Gasteiger partial charge in [-0.15, -0.1) is 11.6 Å². The molecule has 3 aromatic rings. The van der Waals surface area contributed by atoms with Crippen molar-refractivity contribution in [3.63, 3.8) is 0 Å². The van der Waals surface area contributed by atoms with Crippen molar-refractivity contribution in [3.05, 3.63) is 48.2 Å². The zero-order chi connectivity index (χ0) is 14.7. The summed E-state index contributed by atoms with van der Waals surface area (Å²) in [6.07, 6.45) is 3.28. The predicted octanol–water partition coefficient (Wildman–Crippen LogP) is 3.66. The first-order chi connectivity index (χ1) is 10.3. The van der Waals surface area contributed by atoms with Gasteiger partial charge in [0, 0.05) is 31.3 Å². The average molecular weight is 305 g/mol. The van der Waals surface area contributed by atoms with Gasteiger partial charge in [-0.25, -0.2) is 4.98 Å². The number of aryl methyl sites for hydroxylation is 3. The summed E-state index contributed by atoms with van der Waals surface area (Å²) in [7, 11) is 1.66. The lowest BCUT2D eigenvalue weighted by Crippen LogP contribution is -2.06. The molecule has 5 heteroatoms. The van der Waals surface area contributed by atoms with Gasteiger partial charge in [0.05, 0.1) is 24.4 Å². The molecule has 0 N–H and O–H groups in total. The number of rotatable bonds is 6. The summed E-state index contributed by atoms with van der Waals surface area (Å²) in [6.45, 7) is 0.822. The van der Waals surface area contributed by atoms with Crippen molar-refractivity contribution < 1.29 is 9.15 Å². The molecule has 3 rings (SSSR count). The quantitative estimate of drug-likeness (QED) is 0.652. The van der Waals surface area contributed by atoms with Gasteiger partial charge >= 0.3 is 0 Å². The van der Waals surface area contributed by atoms with Crippen LogP contribution in [0.1, 0.15) is 11.6 Å². The molecule has 0 aliphatic carbocycles. The Hall–Kier alpha value is -1.94. The topological polar surface area (TPSA) is 40.2 Å². The van der Waals surface area contributed by atoms with Gasteiger partial charge in [-0.3, -0.25) is 0 Å². The highest BCUT2D eigenvalue weighted by molar-refractivity contribution is 6.17. The van der Waals surface area contributed by atoms with Gasteiger partial charge in [0.25, 0.3) is 0 Å². The van der Waals surface area contributed by atoms with Gasteiger partial charge in [0.15, 0.2) is 0 Å². The fourth-order valence-corrected chi connectivity index (χ4v) is 2.66. The van der Waals surface area contributed by atoms with Crippen LogP contribution in [-0.4, -0.2) is 22.5 Å². The number of benzene rings is 1. The van der Waals surface area contributed by atoms with Gasteiger partial charge in [0.1, 0.15) is 17.3 Å². The summed E-state index contributed by atoms with van der Waals surface area (Å²) in [5.74, 6) is 3.35. The van der Waals surface area contributed by atoms with E-state index in [0.29, 0.717) is 5.88 Å². The molecule has 0 fully saturated rings. The molecule has 0 bridgehead atoms. The number of hydrogen-bond acceptors (Lipinski definition) is 3. The third-order valence-electron chi connectivity index (χ3n) is 3.51. The maximum Gasteiger partial charge on any atom is 0.121 e. The Balaban J connectivity index is 1.95. The lowest BCUT2D eigenvalue weighted by atomic mass is 10.2. The monoisotopic (exact) mass is 304 g/mol. The van der Waals surface area contributed by atoms with Crippen LogP contribution in [0.2, 0.25) is 0 Å². The maximum absolute atomic E-state index is 5.90. The van der Waals surface area contributed by atoms with E-state index in [1.54, 1.807) is 13.4 Å². The third kappa shape index (κ3) is 2.90. The van der Waals surface area contributed by atoms with E-state index in [1.807, 2.05) is 30.3 Å². The second-order valence-corrected chi connectivity index (χ2v) is 5.18. The van der Waals surface area contributed by atoms with Gasteiger partial charge in [-0.1, -0.05) is 0 Å². The van der Waals surface area contributed by atoms with Crippen molar-refractivity contribution >= 4 is 22.6 Å². The number of furan rings is 1. The van der Waals surface area contributed by atoms with Crippen molar-refractivity contribution in [3.8, 4) is 5.75 Å². The number of ether oxygens (including phenoxy) is 1. The van der Waals surface area contributed by atoms with Gasteiger partial charge in [-0.2, -0.15) is 0 Å². The normalized spacial score (nSPS) is 11.1. The molecular formula is C16H17ClN2O2. The largest absolute Gasteiger partial charge is 0.497 e. The van der Waals surface area contributed by atoms with E-state index in [9.17, 15) is 0 Å². The van der Waals surface area contributed by atoms with Gasteiger partial charge in [-0.05, 0) is 24.3 Å². The molecule has 0 unspecified atom stereocenters. The average Bonchev–Trinajstić information content (AvgIpc) is 3.12. The minimum absolute atomic E-state index is 0.557. The molecule has 0 atom stereocenters. The molecular weight excluding hydrogens is 288 g/mol. The Morgan fingerprint density at radius 1 is 1.29 bits per heavy atom. The van der Waals surface area contributed by atoms with Crippen LogP contribution in [0.4, 0.5) is 0 Å². The first-order valence-corrected chi connectivity index (χ1v) is 7.47. The number of methoxy groups -OCH3 is 1. The molecule has 0 saturated heterocycles. The zero-order valence-electron chi connectivity index (χ0n) is 11.9. The summed E-state index contributed by atoms with van der Waals surface area (Å²) < 4.78 is 12.9. The van der Waals surface area contributed by atoms with E-state index >= 15 is 0 Å². The van der Waals surface area contributed by atoms with E-state index in [2.05, 4.69) is 9.55 Å².